The molecule has 2 aliphatic rings. The molecule has 4 heteroatoms. The number of phenolic OH excluding ortho intramolecular Hbond substituents is 1. The van der Waals surface area contributed by atoms with Crippen molar-refractivity contribution in [1.82, 2.24) is 0 Å². The third-order valence-electron chi connectivity index (χ3n) is 6.09. The molecule has 1 aromatic rings. The number of Topliss-reactive ketones (excluding diaryl/α,β-unsaturated/α-hetero) is 1. The van der Waals surface area contributed by atoms with E-state index in [9.17, 15) is 15.0 Å². The number of fused-ring (bicyclic) bond motifs is 3. The number of aromatic hydroxyl groups is 1. The Morgan fingerprint density at radius 1 is 1.27 bits per heavy atom. The molecule has 0 aliphatic heterocycles. The summed E-state index contributed by atoms with van der Waals surface area (Å²) in [5.74, 6) is 0.540. The van der Waals surface area contributed by atoms with Gasteiger partial charge in [0.2, 0.25) is 0 Å². The highest BCUT2D eigenvalue weighted by Gasteiger charge is 2.55. The highest BCUT2D eigenvalue weighted by atomic mass is 16.5. The Labute approximate surface area is 131 Å². The molecule has 22 heavy (non-hydrogen) atoms. The van der Waals surface area contributed by atoms with Crippen LogP contribution in [0.4, 0.5) is 0 Å². The molecule has 2 aliphatic carbocycles. The number of phenols is 1. The molecule has 4 nitrogen and oxygen atoms in total. The van der Waals surface area contributed by atoms with Crippen molar-refractivity contribution in [3.63, 3.8) is 0 Å². The first-order chi connectivity index (χ1) is 10.2. The quantitative estimate of drug-likeness (QED) is 0.837. The Kier molecular flexibility index (Phi) is 3.29. The first-order valence-corrected chi connectivity index (χ1v) is 7.84. The number of aliphatic hydroxyl groups is 1. The lowest BCUT2D eigenvalue weighted by atomic mass is 9.49. The number of rotatable bonds is 1. The van der Waals surface area contributed by atoms with Crippen LogP contribution < -0.4 is 4.74 Å². The second kappa shape index (κ2) is 4.72. The van der Waals surface area contributed by atoms with Crippen LogP contribution in [0.3, 0.4) is 0 Å². The van der Waals surface area contributed by atoms with Crippen LogP contribution in [0, 0.1) is 11.3 Å². The van der Waals surface area contributed by atoms with Gasteiger partial charge in [-0.2, -0.15) is 0 Å². The number of carbonyl (C=O) groups is 1. The van der Waals surface area contributed by atoms with E-state index in [2.05, 4.69) is 6.92 Å². The lowest BCUT2D eigenvalue weighted by Gasteiger charge is -2.55. The third-order valence-corrected chi connectivity index (χ3v) is 6.09. The molecule has 0 aromatic heterocycles. The van der Waals surface area contributed by atoms with Crippen molar-refractivity contribution in [2.75, 3.05) is 7.11 Å². The number of methoxy groups -OCH3 is 1. The maximum atomic E-state index is 12.6. The third kappa shape index (κ3) is 1.89. The minimum atomic E-state index is -0.397. The van der Waals surface area contributed by atoms with E-state index in [0.717, 1.165) is 12.0 Å². The number of aliphatic hydroxyl groups excluding tert-OH is 1. The molecule has 3 rings (SSSR count). The number of carbonyl (C=O) groups excluding carboxylic acids is 1. The van der Waals surface area contributed by atoms with Gasteiger partial charge in [0, 0.05) is 12.0 Å². The predicted octanol–water partition coefficient (Wildman–Crippen LogP) is 3.04. The molecule has 0 saturated heterocycles. The second-order valence-electron chi connectivity index (χ2n) is 7.54. The van der Waals surface area contributed by atoms with Crippen molar-refractivity contribution in [2.24, 2.45) is 11.3 Å². The van der Waals surface area contributed by atoms with Crippen molar-refractivity contribution >= 4 is 5.78 Å². The summed E-state index contributed by atoms with van der Waals surface area (Å²) < 4.78 is 5.14. The second-order valence-corrected chi connectivity index (χ2v) is 7.54. The molecule has 0 bridgehead atoms. The van der Waals surface area contributed by atoms with E-state index < -0.39 is 6.10 Å². The van der Waals surface area contributed by atoms with Gasteiger partial charge in [-0.05, 0) is 47.3 Å². The predicted molar refractivity (Wildman–Crippen MR) is 83.5 cm³/mol. The summed E-state index contributed by atoms with van der Waals surface area (Å²) in [6, 6.07) is 3.35. The van der Waals surface area contributed by atoms with Gasteiger partial charge in [-0.3, -0.25) is 4.79 Å². The summed E-state index contributed by atoms with van der Waals surface area (Å²) in [7, 11) is 1.49. The van der Waals surface area contributed by atoms with Crippen molar-refractivity contribution in [2.45, 2.75) is 51.6 Å². The molecule has 0 amide bonds. The van der Waals surface area contributed by atoms with Gasteiger partial charge in [-0.1, -0.05) is 20.8 Å². The van der Waals surface area contributed by atoms with E-state index >= 15 is 0 Å². The molecule has 1 aromatic carbocycles. The Hall–Kier alpha value is -1.55. The fourth-order valence-electron chi connectivity index (χ4n) is 4.58. The molecule has 1 saturated carbocycles. The fraction of sp³-hybridized carbons (Fsp3) is 0.611. The van der Waals surface area contributed by atoms with Gasteiger partial charge in [0.15, 0.2) is 17.3 Å². The minimum absolute atomic E-state index is 0.0662. The topological polar surface area (TPSA) is 66.8 Å². The number of hydrogen-bond donors (Lipinski definition) is 2. The largest absolute Gasteiger partial charge is 0.504 e. The Morgan fingerprint density at radius 2 is 1.95 bits per heavy atom. The molecule has 0 spiro atoms. The molecule has 3 atom stereocenters. The molecule has 120 valence electrons. The monoisotopic (exact) mass is 304 g/mol. The minimum Gasteiger partial charge on any atom is -0.504 e. The zero-order valence-electron chi connectivity index (χ0n) is 13.6. The zero-order valence-corrected chi connectivity index (χ0v) is 13.6. The lowest BCUT2D eigenvalue weighted by Crippen LogP contribution is -2.54. The van der Waals surface area contributed by atoms with Crippen LogP contribution >= 0.6 is 0 Å². The first kappa shape index (κ1) is 15.3. The number of ketones is 1. The smallest absolute Gasteiger partial charge is 0.163 e. The van der Waals surface area contributed by atoms with Crippen molar-refractivity contribution in [3.8, 4) is 11.5 Å². The highest BCUT2D eigenvalue weighted by Crippen LogP contribution is 2.57. The van der Waals surface area contributed by atoms with Gasteiger partial charge in [-0.15, -0.1) is 0 Å². The van der Waals surface area contributed by atoms with Gasteiger partial charge >= 0.3 is 0 Å². The molecule has 0 unspecified atom stereocenters. The van der Waals surface area contributed by atoms with E-state index in [4.69, 9.17) is 4.74 Å². The van der Waals surface area contributed by atoms with Crippen molar-refractivity contribution < 1.29 is 19.7 Å². The molecule has 1 fully saturated rings. The van der Waals surface area contributed by atoms with Crippen LogP contribution in [-0.4, -0.2) is 29.2 Å². The summed E-state index contributed by atoms with van der Waals surface area (Å²) >= 11 is 0. The lowest BCUT2D eigenvalue weighted by molar-refractivity contribution is -0.0687. The van der Waals surface area contributed by atoms with E-state index in [1.54, 1.807) is 12.1 Å². The molecule has 0 heterocycles. The van der Waals surface area contributed by atoms with Crippen LogP contribution in [0.2, 0.25) is 0 Å². The molecular weight excluding hydrogens is 280 g/mol. The van der Waals surface area contributed by atoms with Gasteiger partial charge < -0.3 is 14.9 Å². The molecule has 2 N–H and O–H groups in total. The summed E-state index contributed by atoms with van der Waals surface area (Å²) in [6.45, 7) is 6.24. The Morgan fingerprint density at radius 3 is 2.59 bits per heavy atom. The SMILES string of the molecule is COc1cc2c(cc1O)[C@@]1(C)CC[C@@H](O)C(C)(C)[C@@H]1CC2=O. The average molecular weight is 304 g/mol. The van der Waals surface area contributed by atoms with E-state index in [1.165, 1.54) is 7.11 Å². The number of hydrogen-bond acceptors (Lipinski definition) is 4. The summed E-state index contributed by atoms with van der Waals surface area (Å²) in [5.41, 5.74) is 1.01. The zero-order chi connectivity index (χ0) is 16.3. The Balaban J connectivity index is 2.20. The summed E-state index contributed by atoms with van der Waals surface area (Å²) in [5, 5.41) is 20.5. The normalized spacial score (nSPS) is 33.0. The van der Waals surface area contributed by atoms with Gasteiger partial charge in [0.25, 0.3) is 0 Å². The van der Waals surface area contributed by atoms with Crippen LogP contribution in [-0.2, 0) is 5.41 Å². The Bertz CT molecular complexity index is 634. The first-order valence-electron chi connectivity index (χ1n) is 7.84. The van der Waals surface area contributed by atoms with Crippen LogP contribution in [0.1, 0.15) is 56.0 Å². The van der Waals surface area contributed by atoms with Crippen LogP contribution in [0.25, 0.3) is 0 Å². The van der Waals surface area contributed by atoms with E-state index in [0.29, 0.717) is 24.2 Å². The number of benzene rings is 1. The maximum Gasteiger partial charge on any atom is 0.163 e. The molecule has 0 radical (unpaired) electrons. The van der Waals surface area contributed by atoms with Gasteiger partial charge in [-0.25, -0.2) is 0 Å². The summed E-state index contributed by atoms with van der Waals surface area (Å²) in [6.07, 6.45) is 1.56. The average Bonchev–Trinajstić information content (AvgIpc) is 2.46. The van der Waals surface area contributed by atoms with E-state index in [-0.39, 0.29) is 28.3 Å². The van der Waals surface area contributed by atoms with Crippen molar-refractivity contribution in [3.05, 3.63) is 23.3 Å². The van der Waals surface area contributed by atoms with E-state index in [1.807, 2.05) is 13.8 Å². The number of ether oxygens (including phenoxy) is 1. The molecular formula is C18H24O4. The van der Waals surface area contributed by atoms with Crippen LogP contribution in [0.5, 0.6) is 11.5 Å². The highest BCUT2D eigenvalue weighted by molar-refractivity contribution is 6.00. The standard InChI is InChI=1S/C18H24O4/c1-17(2)15-9-12(19)10-7-14(22-4)13(20)8-11(10)18(15,3)6-5-16(17)21/h7-8,15-16,20-21H,5-6,9H2,1-4H3/t15-,16+,18+/m0/s1. The van der Waals surface area contributed by atoms with Crippen molar-refractivity contribution in [1.29, 1.82) is 0 Å². The van der Waals surface area contributed by atoms with Gasteiger partial charge in [0.1, 0.15) is 0 Å². The summed E-state index contributed by atoms with van der Waals surface area (Å²) in [4.78, 5) is 12.6. The van der Waals surface area contributed by atoms with Gasteiger partial charge in [0.05, 0.1) is 13.2 Å². The fourth-order valence-corrected chi connectivity index (χ4v) is 4.58. The van der Waals surface area contributed by atoms with Crippen LogP contribution in [0.15, 0.2) is 12.1 Å². The maximum absolute atomic E-state index is 12.6.